The van der Waals surface area contributed by atoms with Crippen LogP contribution in [-0.4, -0.2) is 62.1 Å². The van der Waals surface area contributed by atoms with Gasteiger partial charge in [0.05, 0.1) is 17.9 Å². The van der Waals surface area contributed by atoms with E-state index < -0.39 is 30.4 Å². The minimum absolute atomic E-state index is 0.0707. The van der Waals surface area contributed by atoms with E-state index in [0.29, 0.717) is 30.9 Å². The number of hydrogen-bond acceptors (Lipinski definition) is 6. The number of carbonyl (C=O) groups excluding carboxylic acids is 2. The monoisotopic (exact) mass is 550 g/mol. The SMILES string of the molecule is CC(C)c1c(C(=O)N2CCC[C@H](c3ccccc3)C2)nn(-c2ccc(F)cc2)c1CC[C@@H](O)C[C@@H](O)CC(=O)[O-]. The highest BCUT2D eigenvalue weighted by atomic mass is 19.1. The fraction of sp³-hybridized carbons (Fsp3) is 0.452. The molecule has 0 unspecified atom stereocenters. The standard InChI is InChI=1S/C31H38FN3O5/c1-20(2)29-27(15-14-25(36)17-26(37)18-28(38)39)35(24-12-10-23(32)11-13-24)33-30(29)31(40)34-16-6-9-22(19-34)21-7-4-3-5-8-21/h3-5,7-8,10-13,20,22,25-26,36-37H,6,9,14-19H2,1-2H3,(H,38,39)/p-1/t22-,25+,26+/m0/s1. The zero-order chi connectivity index (χ0) is 28.8. The van der Waals surface area contributed by atoms with Gasteiger partial charge in [-0.05, 0) is 67.9 Å². The summed E-state index contributed by atoms with van der Waals surface area (Å²) in [5.74, 6) is -1.76. The van der Waals surface area contributed by atoms with Gasteiger partial charge in [0, 0.05) is 42.7 Å². The zero-order valence-corrected chi connectivity index (χ0v) is 23.0. The largest absolute Gasteiger partial charge is 0.550 e. The topological polar surface area (TPSA) is 119 Å². The van der Waals surface area contributed by atoms with Crippen molar-refractivity contribution >= 4 is 11.9 Å². The van der Waals surface area contributed by atoms with Gasteiger partial charge in [-0.1, -0.05) is 44.2 Å². The van der Waals surface area contributed by atoms with Gasteiger partial charge in [-0.2, -0.15) is 5.10 Å². The van der Waals surface area contributed by atoms with E-state index in [1.807, 2.05) is 36.9 Å². The van der Waals surface area contributed by atoms with E-state index in [4.69, 9.17) is 5.10 Å². The van der Waals surface area contributed by atoms with Crippen molar-refractivity contribution in [2.24, 2.45) is 0 Å². The average Bonchev–Trinajstić information content (AvgIpc) is 3.32. The van der Waals surface area contributed by atoms with Crippen LogP contribution in [0, 0.1) is 5.82 Å². The summed E-state index contributed by atoms with van der Waals surface area (Å²) in [5.41, 5.74) is 3.62. The molecule has 1 aromatic heterocycles. The molecular formula is C31H37FN3O5-. The van der Waals surface area contributed by atoms with E-state index >= 15 is 0 Å². The quantitative estimate of drug-likeness (QED) is 0.378. The molecule has 1 amide bonds. The Bertz CT molecular complexity index is 1290. The normalized spacial score (nSPS) is 17.1. The second kappa shape index (κ2) is 13.2. The molecule has 1 saturated heterocycles. The predicted molar refractivity (Wildman–Crippen MR) is 147 cm³/mol. The molecule has 40 heavy (non-hydrogen) atoms. The molecule has 1 aliphatic rings. The highest BCUT2D eigenvalue weighted by Gasteiger charge is 2.32. The Balaban J connectivity index is 1.65. The molecule has 0 saturated carbocycles. The van der Waals surface area contributed by atoms with Crippen LogP contribution >= 0.6 is 0 Å². The second-order valence-corrected chi connectivity index (χ2v) is 10.9. The van der Waals surface area contributed by atoms with Crippen LogP contribution in [0.15, 0.2) is 54.6 Å². The van der Waals surface area contributed by atoms with Crippen LogP contribution < -0.4 is 5.11 Å². The fourth-order valence-electron chi connectivity index (χ4n) is 5.59. The molecule has 0 bridgehead atoms. The molecular weight excluding hydrogens is 513 g/mol. The Kier molecular flexibility index (Phi) is 9.71. The Hall–Kier alpha value is -3.56. The van der Waals surface area contributed by atoms with Gasteiger partial charge < -0.3 is 25.0 Å². The maximum atomic E-state index is 14.0. The summed E-state index contributed by atoms with van der Waals surface area (Å²) in [4.78, 5) is 26.6. The Morgan fingerprint density at radius 2 is 1.77 bits per heavy atom. The van der Waals surface area contributed by atoms with Crippen LogP contribution in [0.1, 0.15) is 85.1 Å². The Morgan fingerprint density at radius 1 is 1.07 bits per heavy atom. The molecule has 2 heterocycles. The molecule has 9 heteroatoms. The van der Waals surface area contributed by atoms with E-state index in [9.17, 15) is 29.3 Å². The first-order chi connectivity index (χ1) is 19.1. The number of benzene rings is 2. The molecule has 8 nitrogen and oxygen atoms in total. The molecule has 2 aromatic carbocycles. The average molecular weight is 551 g/mol. The molecule has 3 aromatic rings. The molecule has 4 rings (SSSR count). The second-order valence-electron chi connectivity index (χ2n) is 10.9. The first-order valence-corrected chi connectivity index (χ1v) is 13.9. The van der Waals surface area contributed by atoms with E-state index in [1.165, 1.54) is 17.7 Å². The van der Waals surface area contributed by atoms with Gasteiger partial charge in [0.25, 0.3) is 5.91 Å². The summed E-state index contributed by atoms with van der Waals surface area (Å²) in [7, 11) is 0. The minimum Gasteiger partial charge on any atom is -0.550 e. The van der Waals surface area contributed by atoms with E-state index in [0.717, 1.165) is 24.1 Å². The maximum absolute atomic E-state index is 14.0. The number of carboxylic acids is 1. The summed E-state index contributed by atoms with van der Waals surface area (Å²) in [5, 5.41) is 36.0. The molecule has 0 aliphatic carbocycles. The summed E-state index contributed by atoms with van der Waals surface area (Å²) < 4.78 is 15.4. The van der Waals surface area contributed by atoms with Crippen LogP contribution in [0.5, 0.6) is 0 Å². The van der Waals surface area contributed by atoms with Crippen LogP contribution in [0.25, 0.3) is 5.69 Å². The van der Waals surface area contributed by atoms with Gasteiger partial charge >= 0.3 is 0 Å². The summed E-state index contributed by atoms with van der Waals surface area (Å²) in [6, 6.07) is 16.0. The molecule has 1 aliphatic heterocycles. The number of aliphatic hydroxyl groups excluding tert-OH is 2. The molecule has 1 fully saturated rings. The molecule has 0 spiro atoms. The number of aliphatic carboxylic acids is 1. The maximum Gasteiger partial charge on any atom is 0.274 e. The van der Waals surface area contributed by atoms with Crippen molar-refractivity contribution in [2.75, 3.05) is 13.1 Å². The van der Waals surface area contributed by atoms with E-state index in [2.05, 4.69) is 12.1 Å². The number of aromatic nitrogens is 2. The van der Waals surface area contributed by atoms with Crippen LogP contribution in [0.3, 0.4) is 0 Å². The van der Waals surface area contributed by atoms with Crippen molar-refractivity contribution in [1.29, 1.82) is 0 Å². The number of amides is 1. The highest BCUT2D eigenvalue weighted by Crippen LogP contribution is 2.32. The van der Waals surface area contributed by atoms with E-state index in [-0.39, 0.29) is 30.6 Å². The number of carboxylic acid groups (broad SMARTS) is 1. The summed E-state index contributed by atoms with van der Waals surface area (Å²) >= 11 is 0. The molecule has 3 atom stereocenters. The van der Waals surface area contributed by atoms with Crippen LogP contribution in [-0.2, 0) is 11.2 Å². The third kappa shape index (κ3) is 7.14. The van der Waals surface area contributed by atoms with Gasteiger partial charge in [0.1, 0.15) is 5.82 Å². The third-order valence-electron chi connectivity index (χ3n) is 7.51. The highest BCUT2D eigenvalue weighted by molar-refractivity contribution is 5.94. The first kappa shape index (κ1) is 29.4. The number of aliphatic hydroxyl groups is 2. The van der Waals surface area contributed by atoms with E-state index in [1.54, 1.807) is 16.8 Å². The zero-order valence-electron chi connectivity index (χ0n) is 23.0. The smallest absolute Gasteiger partial charge is 0.274 e. The number of carbonyl (C=O) groups is 2. The van der Waals surface area contributed by atoms with Gasteiger partial charge in [0.2, 0.25) is 0 Å². The van der Waals surface area contributed by atoms with Crippen molar-refractivity contribution in [3.63, 3.8) is 0 Å². The lowest BCUT2D eigenvalue weighted by molar-refractivity contribution is -0.307. The number of halogens is 1. The predicted octanol–water partition coefficient (Wildman–Crippen LogP) is 3.34. The third-order valence-corrected chi connectivity index (χ3v) is 7.51. The first-order valence-electron chi connectivity index (χ1n) is 13.9. The fourth-order valence-corrected chi connectivity index (χ4v) is 5.59. The number of nitrogens with zero attached hydrogens (tertiary/aromatic N) is 3. The number of likely N-dealkylation sites (tertiary alicyclic amines) is 1. The lowest BCUT2D eigenvalue weighted by atomic mass is 9.90. The van der Waals surface area contributed by atoms with Gasteiger partial charge in [-0.25, -0.2) is 9.07 Å². The lowest BCUT2D eigenvalue weighted by Gasteiger charge is -2.33. The van der Waals surface area contributed by atoms with Crippen molar-refractivity contribution in [1.82, 2.24) is 14.7 Å². The van der Waals surface area contributed by atoms with Crippen molar-refractivity contribution in [3.05, 3.63) is 82.9 Å². The molecule has 2 N–H and O–H groups in total. The van der Waals surface area contributed by atoms with Crippen molar-refractivity contribution in [3.8, 4) is 5.69 Å². The molecule has 214 valence electrons. The lowest BCUT2D eigenvalue weighted by Crippen LogP contribution is -2.39. The molecule has 0 radical (unpaired) electrons. The van der Waals surface area contributed by atoms with Crippen molar-refractivity contribution < 1.29 is 29.3 Å². The van der Waals surface area contributed by atoms with Crippen molar-refractivity contribution in [2.45, 2.75) is 76.4 Å². The van der Waals surface area contributed by atoms with Gasteiger partial charge in [-0.15, -0.1) is 0 Å². The number of hydrogen-bond donors (Lipinski definition) is 2. The Labute approximate surface area is 234 Å². The minimum atomic E-state index is -1.38. The van der Waals surface area contributed by atoms with Gasteiger partial charge in [-0.3, -0.25) is 4.79 Å². The summed E-state index contributed by atoms with van der Waals surface area (Å²) in [6.45, 7) is 5.19. The van der Waals surface area contributed by atoms with Crippen LogP contribution in [0.4, 0.5) is 4.39 Å². The van der Waals surface area contributed by atoms with Crippen LogP contribution in [0.2, 0.25) is 0 Å². The number of piperidine rings is 1. The Morgan fingerprint density at radius 3 is 2.42 bits per heavy atom. The van der Waals surface area contributed by atoms with Gasteiger partial charge in [0.15, 0.2) is 5.69 Å². The number of rotatable bonds is 11. The summed E-state index contributed by atoms with van der Waals surface area (Å²) in [6.07, 6.45) is -0.452.